The molecule has 0 saturated carbocycles. The summed E-state index contributed by atoms with van der Waals surface area (Å²) in [5.41, 5.74) is 1.58. The number of carbonyl (C=O) groups excluding carboxylic acids is 1. The SMILES string of the molecule is CN[C@@H]1CCCN(C(=O)c2cnn(-c3ccc(Br)cc3)c2)C1. The number of likely N-dealkylation sites (N-methyl/N-ethyl adjacent to an activating group) is 1. The highest BCUT2D eigenvalue weighted by molar-refractivity contribution is 9.10. The molecule has 1 saturated heterocycles. The molecular formula is C16H19BrN4O. The minimum atomic E-state index is 0.0586. The van der Waals surface area contributed by atoms with Crippen LogP contribution in [0.5, 0.6) is 0 Å². The zero-order chi connectivity index (χ0) is 15.5. The van der Waals surface area contributed by atoms with E-state index in [1.807, 2.05) is 36.2 Å². The Bertz CT molecular complexity index is 652. The molecule has 0 bridgehead atoms. The van der Waals surface area contributed by atoms with Crippen LogP contribution in [0.1, 0.15) is 23.2 Å². The Morgan fingerprint density at radius 3 is 2.86 bits per heavy atom. The molecule has 0 unspecified atom stereocenters. The fourth-order valence-electron chi connectivity index (χ4n) is 2.75. The lowest BCUT2D eigenvalue weighted by atomic mass is 10.1. The quantitative estimate of drug-likeness (QED) is 0.912. The Labute approximate surface area is 138 Å². The van der Waals surface area contributed by atoms with E-state index in [0.29, 0.717) is 11.6 Å². The van der Waals surface area contributed by atoms with Crippen molar-refractivity contribution in [2.75, 3.05) is 20.1 Å². The Morgan fingerprint density at radius 1 is 1.36 bits per heavy atom. The second-order valence-electron chi connectivity index (χ2n) is 5.53. The van der Waals surface area contributed by atoms with Crippen molar-refractivity contribution in [3.63, 3.8) is 0 Å². The van der Waals surface area contributed by atoms with Crippen molar-refractivity contribution in [1.29, 1.82) is 0 Å². The van der Waals surface area contributed by atoms with Gasteiger partial charge in [-0.15, -0.1) is 0 Å². The van der Waals surface area contributed by atoms with Crippen LogP contribution in [0.25, 0.3) is 5.69 Å². The zero-order valence-electron chi connectivity index (χ0n) is 12.5. The molecule has 116 valence electrons. The summed E-state index contributed by atoms with van der Waals surface area (Å²) < 4.78 is 2.75. The predicted molar refractivity (Wildman–Crippen MR) is 89.2 cm³/mol. The van der Waals surface area contributed by atoms with E-state index in [-0.39, 0.29) is 5.91 Å². The second kappa shape index (κ2) is 6.62. The van der Waals surface area contributed by atoms with Crippen LogP contribution in [0.3, 0.4) is 0 Å². The lowest BCUT2D eigenvalue weighted by molar-refractivity contribution is 0.0698. The molecule has 22 heavy (non-hydrogen) atoms. The Hall–Kier alpha value is -1.66. The summed E-state index contributed by atoms with van der Waals surface area (Å²) in [5, 5.41) is 7.57. The number of hydrogen-bond donors (Lipinski definition) is 1. The molecule has 1 atom stereocenters. The maximum Gasteiger partial charge on any atom is 0.257 e. The third-order valence-electron chi connectivity index (χ3n) is 4.04. The van der Waals surface area contributed by atoms with E-state index in [4.69, 9.17) is 0 Å². The summed E-state index contributed by atoms with van der Waals surface area (Å²) in [6.45, 7) is 1.58. The minimum absolute atomic E-state index is 0.0586. The number of nitrogens with one attached hydrogen (secondary N) is 1. The molecule has 1 aliphatic heterocycles. The smallest absolute Gasteiger partial charge is 0.257 e. The highest BCUT2D eigenvalue weighted by Gasteiger charge is 2.24. The van der Waals surface area contributed by atoms with Gasteiger partial charge < -0.3 is 10.2 Å². The van der Waals surface area contributed by atoms with Crippen LogP contribution in [0, 0.1) is 0 Å². The fraction of sp³-hybridized carbons (Fsp3) is 0.375. The number of aromatic nitrogens is 2. The lowest BCUT2D eigenvalue weighted by Crippen LogP contribution is -2.46. The monoisotopic (exact) mass is 362 g/mol. The minimum Gasteiger partial charge on any atom is -0.337 e. The van der Waals surface area contributed by atoms with Crippen LogP contribution in [0.2, 0.25) is 0 Å². The number of amides is 1. The van der Waals surface area contributed by atoms with Crippen molar-refractivity contribution in [3.05, 3.63) is 46.7 Å². The van der Waals surface area contributed by atoms with E-state index < -0.39 is 0 Å². The summed E-state index contributed by atoms with van der Waals surface area (Å²) in [4.78, 5) is 14.5. The predicted octanol–water partition coefficient (Wildman–Crippen LogP) is 2.46. The fourth-order valence-corrected chi connectivity index (χ4v) is 3.01. The molecule has 3 rings (SSSR count). The molecule has 2 aromatic rings. The molecule has 2 heterocycles. The van der Waals surface area contributed by atoms with E-state index in [1.165, 1.54) is 0 Å². The van der Waals surface area contributed by atoms with Gasteiger partial charge in [0.15, 0.2) is 0 Å². The van der Waals surface area contributed by atoms with Gasteiger partial charge in [-0.05, 0) is 44.2 Å². The number of piperidine rings is 1. The summed E-state index contributed by atoms with van der Waals surface area (Å²) in [7, 11) is 1.95. The highest BCUT2D eigenvalue weighted by atomic mass is 79.9. The largest absolute Gasteiger partial charge is 0.337 e. The van der Waals surface area contributed by atoms with E-state index in [1.54, 1.807) is 17.1 Å². The van der Waals surface area contributed by atoms with E-state index in [9.17, 15) is 4.79 Å². The van der Waals surface area contributed by atoms with Gasteiger partial charge in [0.05, 0.1) is 17.4 Å². The van der Waals surface area contributed by atoms with E-state index in [2.05, 4.69) is 26.3 Å². The molecule has 6 heteroatoms. The normalized spacial score (nSPS) is 18.5. The number of rotatable bonds is 3. The number of benzene rings is 1. The summed E-state index contributed by atoms with van der Waals surface area (Å²) in [5.74, 6) is 0.0586. The first kappa shape index (κ1) is 15.2. The summed E-state index contributed by atoms with van der Waals surface area (Å²) in [6.07, 6.45) is 5.61. The first-order valence-corrected chi connectivity index (χ1v) is 8.24. The first-order chi connectivity index (χ1) is 10.7. The number of carbonyl (C=O) groups is 1. The van der Waals surface area contributed by atoms with Gasteiger partial charge in [0, 0.05) is 29.8 Å². The topological polar surface area (TPSA) is 50.2 Å². The van der Waals surface area contributed by atoms with Crippen molar-refractivity contribution in [2.24, 2.45) is 0 Å². The Kier molecular flexibility index (Phi) is 4.59. The van der Waals surface area contributed by atoms with Crippen molar-refractivity contribution < 1.29 is 4.79 Å². The average Bonchev–Trinajstić information content (AvgIpc) is 3.05. The van der Waals surface area contributed by atoms with Crippen LogP contribution >= 0.6 is 15.9 Å². The van der Waals surface area contributed by atoms with Crippen LogP contribution < -0.4 is 5.32 Å². The van der Waals surface area contributed by atoms with Crippen molar-refractivity contribution in [3.8, 4) is 5.69 Å². The molecule has 5 nitrogen and oxygen atoms in total. The van der Waals surface area contributed by atoms with Gasteiger partial charge in [-0.25, -0.2) is 4.68 Å². The zero-order valence-corrected chi connectivity index (χ0v) is 14.1. The van der Waals surface area contributed by atoms with E-state index >= 15 is 0 Å². The summed E-state index contributed by atoms with van der Waals surface area (Å²) >= 11 is 3.41. The molecule has 0 spiro atoms. The molecule has 1 aromatic carbocycles. The number of likely N-dealkylation sites (tertiary alicyclic amines) is 1. The molecule has 1 aromatic heterocycles. The van der Waals surface area contributed by atoms with Crippen molar-refractivity contribution >= 4 is 21.8 Å². The van der Waals surface area contributed by atoms with Gasteiger partial charge >= 0.3 is 0 Å². The lowest BCUT2D eigenvalue weighted by Gasteiger charge is -2.32. The van der Waals surface area contributed by atoms with Gasteiger partial charge in [0.25, 0.3) is 5.91 Å². The molecule has 1 amide bonds. The maximum atomic E-state index is 12.6. The van der Waals surface area contributed by atoms with Crippen molar-refractivity contribution in [2.45, 2.75) is 18.9 Å². The van der Waals surface area contributed by atoms with Gasteiger partial charge in [0.2, 0.25) is 0 Å². The first-order valence-electron chi connectivity index (χ1n) is 7.44. The highest BCUT2D eigenvalue weighted by Crippen LogP contribution is 2.16. The summed E-state index contributed by atoms with van der Waals surface area (Å²) in [6, 6.07) is 8.23. The molecule has 0 aliphatic carbocycles. The Morgan fingerprint density at radius 2 is 2.14 bits per heavy atom. The standard InChI is InChI=1S/C16H19BrN4O/c1-18-14-3-2-8-20(11-14)16(22)12-9-19-21(10-12)15-6-4-13(17)5-7-15/h4-7,9-10,14,18H,2-3,8,11H2,1H3/t14-/m1/s1. The van der Waals surface area contributed by atoms with Crippen LogP contribution in [-0.4, -0.2) is 46.8 Å². The van der Waals surface area contributed by atoms with Gasteiger partial charge in [-0.1, -0.05) is 15.9 Å². The number of nitrogens with zero attached hydrogens (tertiary/aromatic N) is 3. The van der Waals surface area contributed by atoms with Crippen molar-refractivity contribution in [1.82, 2.24) is 20.0 Å². The molecule has 0 radical (unpaired) electrons. The third kappa shape index (κ3) is 3.23. The number of hydrogen-bond acceptors (Lipinski definition) is 3. The third-order valence-corrected chi connectivity index (χ3v) is 4.57. The molecule has 1 aliphatic rings. The molecule has 1 N–H and O–H groups in total. The molecular weight excluding hydrogens is 344 g/mol. The number of halogens is 1. The maximum absolute atomic E-state index is 12.6. The van der Waals surface area contributed by atoms with Gasteiger partial charge in [-0.2, -0.15) is 5.10 Å². The van der Waals surface area contributed by atoms with Gasteiger partial charge in [0.1, 0.15) is 0 Å². The molecule has 1 fully saturated rings. The van der Waals surface area contributed by atoms with Gasteiger partial charge in [-0.3, -0.25) is 4.79 Å². The van der Waals surface area contributed by atoms with Crippen LogP contribution in [0.4, 0.5) is 0 Å². The van der Waals surface area contributed by atoms with Crippen LogP contribution in [-0.2, 0) is 0 Å². The van der Waals surface area contributed by atoms with Crippen LogP contribution in [0.15, 0.2) is 41.1 Å². The second-order valence-corrected chi connectivity index (χ2v) is 6.44. The van der Waals surface area contributed by atoms with E-state index in [0.717, 1.165) is 36.1 Å². The Balaban J connectivity index is 1.75. The average molecular weight is 363 g/mol.